The maximum atomic E-state index is 14.3. The van der Waals surface area contributed by atoms with E-state index in [-0.39, 0.29) is 13.0 Å². The molecule has 0 bridgehead atoms. The van der Waals surface area contributed by atoms with Crippen molar-refractivity contribution >= 4 is 34.9 Å². The van der Waals surface area contributed by atoms with Gasteiger partial charge in [0.25, 0.3) is 5.91 Å². The summed E-state index contributed by atoms with van der Waals surface area (Å²) >= 11 is 0. The number of carbonyl (C=O) groups excluding carboxylic acids is 3. The smallest absolute Gasteiger partial charge is 0.320 e. The van der Waals surface area contributed by atoms with Crippen molar-refractivity contribution in [2.75, 3.05) is 49.5 Å². The molecule has 11 heteroatoms. The lowest BCUT2D eigenvalue weighted by Gasteiger charge is -2.30. The van der Waals surface area contributed by atoms with Crippen molar-refractivity contribution in [1.29, 1.82) is 0 Å². The van der Waals surface area contributed by atoms with Gasteiger partial charge in [-0.25, -0.2) is 4.79 Å². The average molecular weight is 577 g/mol. The molecule has 0 saturated heterocycles. The Morgan fingerprint density at radius 1 is 0.833 bits per heavy atom. The molecular weight excluding hydrogens is 540 g/mol. The zero-order chi connectivity index (χ0) is 30.1. The van der Waals surface area contributed by atoms with Crippen molar-refractivity contribution in [2.24, 2.45) is 0 Å². The van der Waals surface area contributed by atoms with E-state index in [9.17, 15) is 14.4 Å². The zero-order valence-electron chi connectivity index (χ0n) is 24.1. The number of nitrogens with one attached hydrogen (secondary N) is 3. The van der Waals surface area contributed by atoms with Crippen LogP contribution in [0.3, 0.4) is 0 Å². The second-order valence-electron chi connectivity index (χ2n) is 9.44. The van der Waals surface area contributed by atoms with Gasteiger partial charge >= 0.3 is 6.03 Å². The van der Waals surface area contributed by atoms with Crippen molar-refractivity contribution in [1.82, 2.24) is 5.32 Å². The quantitative estimate of drug-likeness (QED) is 0.256. The van der Waals surface area contributed by atoms with E-state index in [0.29, 0.717) is 47.3 Å². The van der Waals surface area contributed by atoms with E-state index in [4.69, 9.17) is 18.9 Å². The lowest BCUT2D eigenvalue weighted by atomic mass is 9.87. The first kappa shape index (κ1) is 30.4. The summed E-state index contributed by atoms with van der Waals surface area (Å²) in [4.78, 5) is 42.8. The van der Waals surface area contributed by atoms with E-state index in [2.05, 4.69) is 16.0 Å². The second-order valence-corrected chi connectivity index (χ2v) is 9.44. The van der Waals surface area contributed by atoms with Gasteiger partial charge < -0.3 is 39.8 Å². The number of para-hydroxylation sites is 1. The molecule has 3 aromatic rings. The molecule has 42 heavy (non-hydrogen) atoms. The molecule has 1 atom stereocenters. The molecule has 0 radical (unpaired) electrons. The SMILES string of the molecule is CCOC(CN1C(=O)[C@@](CC(=O)Nc2ccc(OC)cc2)(NC(=O)Nc2cccc(OC)c2)c2ccccc21)OCC. The van der Waals surface area contributed by atoms with Crippen LogP contribution in [0.4, 0.5) is 21.9 Å². The van der Waals surface area contributed by atoms with Gasteiger partial charge in [0, 0.05) is 36.2 Å². The number of rotatable bonds is 13. The van der Waals surface area contributed by atoms with Crippen LogP contribution in [0.25, 0.3) is 0 Å². The standard InChI is InChI=1S/C31H36N4O7/c1-5-41-28(42-6-2)20-35-26-13-8-7-12-25(26)31(29(35)37,19-27(36)32-21-14-16-23(39-3)17-15-21)34-30(38)33-22-10-9-11-24(18-22)40-4/h7-18,28H,5-6,19-20H2,1-4H3,(H,32,36)(H2,33,34,38)/t31-/m0/s1. The van der Waals surface area contributed by atoms with Gasteiger partial charge in [0.1, 0.15) is 11.5 Å². The van der Waals surface area contributed by atoms with E-state index >= 15 is 0 Å². The maximum Gasteiger partial charge on any atom is 0.320 e. The number of carbonyl (C=O) groups is 3. The largest absolute Gasteiger partial charge is 0.497 e. The molecule has 4 rings (SSSR count). The van der Waals surface area contributed by atoms with Crippen LogP contribution in [0.15, 0.2) is 72.8 Å². The molecule has 0 unspecified atom stereocenters. The van der Waals surface area contributed by atoms with Gasteiger partial charge in [0.05, 0.1) is 32.9 Å². The van der Waals surface area contributed by atoms with Gasteiger partial charge in [0.2, 0.25) is 5.91 Å². The summed E-state index contributed by atoms with van der Waals surface area (Å²) in [5, 5.41) is 8.43. The number of fused-ring (bicyclic) bond motifs is 1. The summed E-state index contributed by atoms with van der Waals surface area (Å²) < 4.78 is 21.9. The molecule has 1 aliphatic rings. The van der Waals surface area contributed by atoms with Crippen molar-refractivity contribution in [3.63, 3.8) is 0 Å². The van der Waals surface area contributed by atoms with E-state index in [1.54, 1.807) is 79.9 Å². The summed E-state index contributed by atoms with van der Waals surface area (Å²) in [5.41, 5.74) is 0.269. The zero-order valence-corrected chi connectivity index (χ0v) is 24.1. The van der Waals surface area contributed by atoms with Crippen LogP contribution in [0.2, 0.25) is 0 Å². The van der Waals surface area contributed by atoms with Gasteiger partial charge in [-0.05, 0) is 56.3 Å². The Bertz CT molecular complexity index is 1390. The molecule has 4 amide bonds. The van der Waals surface area contributed by atoms with Crippen molar-refractivity contribution in [3.05, 3.63) is 78.4 Å². The Hall–Kier alpha value is -4.61. The van der Waals surface area contributed by atoms with Crippen LogP contribution in [0.1, 0.15) is 25.8 Å². The lowest BCUT2D eigenvalue weighted by molar-refractivity contribution is -0.138. The summed E-state index contributed by atoms with van der Waals surface area (Å²) in [5.74, 6) is 0.221. The number of hydrogen-bond acceptors (Lipinski definition) is 7. The first-order valence-corrected chi connectivity index (χ1v) is 13.6. The van der Waals surface area contributed by atoms with Gasteiger partial charge in [-0.15, -0.1) is 0 Å². The third kappa shape index (κ3) is 6.81. The molecule has 0 aromatic heterocycles. The monoisotopic (exact) mass is 576 g/mol. The normalized spacial score (nSPS) is 15.7. The summed E-state index contributed by atoms with van der Waals surface area (Å²) in [6.45, 7) is 4.50. The van der Waals surface area contributed by atoms with Crippen LogP contribution in [0, 0.1) is 0 Å². The minimum absolute atomic E-state index is 0.0680. The number of ether oxygens (including phenoxy) is 4. The number of hydrogen-bond donors (Lipinski definition) is 3. The summed E-state index contributed by atoms with van der Waals surface area (Å²) in [6, 6.07) is 20.0. The number of benzene rings is 3. The molecule has 222 valence electrons. The Balaban J connectivity index is 1.68. The van der Waals surface area contributed by atoms with Crippen molar-refractivity contribution < 1.29 is 33.3 Å². The first-order chi connectivity index (χ1) is 20.3. The highest BCUT2D eigenvalue weighted by molar-refractivity contribution is 6.12. The third-order valence-electron chi connectivity index (χ3n) is 6.76. The van der Waals surface area contributed by atoms with E-state index in [1.807, 2.05) is 13.8 Å². The highest BCUT2D eigenvalue weighted by atomic mass is 16.7. The average Bonchev–Trinajstić information content (AvgIpc) is 3.20. The summed E-state index contributed by atoms with van der Waals surface area (Å²) in [7, 11) is 3.08. The number of urea groups is 1. The van der Waals surface area contributed by atoms with Crippen LogP contribution in [-0.2, 0) is 24.6 Å². The van der Waals surface area contributed by atoms with Gasteiger partial charge in [0.15, 0.2) is 11.8 Å². The Kier molecular flexibility index (Phi) is 10.00. The molecule has 0 spiro atoms. The van der Waals surface area contributed by atoms with E-state index in [0.717, 1.165) is 0 Å². The third-order valence-corrected chi connectivity index (χ3v) is 6.76. The van der Waals surface area contributed by atoms with Crippen LogP contribution in [-0.4, -0.2) is 58.1 Å². The highest BCUT2D eigenvalue weighted by Crippen LogP contribution is 2.43. The number of amides is 4. The second kappa shape index (κ2) is 13.8. The van der Waals surface area contributed by atoms with E-state index < -0.39 is 29.7 Å². The number of anilines is 3. The molecule has 0 saturated carbocycles. The lowest BCUT2D eigenvalue weighted by Crippen LogP contribution is -2.56. The van der Waals surface area contributed by atoms with Crippen molar-refractivity contribution in [3.8, 4) is 11.5 Å². The van der Waals surface area contributed by atoms with Gasteiger partial charge in [-0.1, -0.05) is 24.3 Å². The maximum absolute atomic E-state index is 14.3. The fourth-order valence-electron chi connectivity index (χ4n) is 4.89. The van der Waals surface area contributed by atoms with Gasteiger partial charge in [-0.2, -0.15) is 0 Å². The molecule has 3 N–H and O–H groups in total. The Morgan fingerprint density at radius 3 is 2.19 bits per heavy atom. The predicted octanol–water partition coefficient (Wildman–Crippen LogP) is 4.50. The molecule has 0 aliphatic carbocycles. The predicted molar refractivity (Wildman–Crippen MR) is 159 cm³/mol. The first-order valence-electron chi connectivity index (χ1n) is 13.6. The van der Waals surface area contributed by atoms with Crippen molar-refractivity contribution in [2.45, 2.75) is 32.1 Å². The summed E-state index contributed by atoms with van der Waals surface area (Å²) in [6.07, 6.45) is -1.07. The van der Waals surface area contributed by atoms with Gasteiger partial charge in [-0.3, -0.25) is 9.59 Å². The molecular formula is C31H36N4O7. The van der Waals surface area contributed by atoms with Crippen LogP contribution < -0.4 is 30.3 Å². The minimum atomic E-state index is -1.72. The molecule has 1 aliphatic heterocycles. The molecule has 1 heterocycles. The fraction of sp³-hybridized carbons (Fsp3) is 0.323. The molecule has 11 nitrogen and oxygen atoms in total. The Labute approximate surface area is 245 Å². The Morgan fingerprint density at radius 2 is 1.52 bits per heavy atom. The number of methoxy groups -OCH3 is 2. The molecule has 0 fully saturated rings. The fourth-order valence-corrected chi connectivity index (χ4v) is 4.89. The number of nitrogens with zero attached hydrogens (tertiary/aromatic N) is 1. The minimum Gasteiger partial charge on any atom is -0.497 e. The highest BCUT2D eigenvalue weighted by Gasteiger charge is 2.53. The van der Waals surface area contributed by atoms with E-state index in [1.165, 1.54) is 12.0 Å². The molecule has 3 aromatic carbocycles. The van der Waals surface area contributed by atoms with Crippen LogP contribution in [0.5, 0.6) is 11.5 Å². The topological polar surface area (TPSA) is 127 Å². The van der Waals surface area contributed by atoms with Crippen LogP contribution >= 0.6 is 0 Å².